The highest BCUT2D eigenvalue weighted by molar-refractivity contribution is 6.21. The summed E-state index contributed by atoms with van der Waals surface area (Å²) in [4.78, 5) is 0. The number of benzene rings is 5. The monoisotopic (exact) mass is 830 g/mol. The number of methoxy groups -OCH3 is 2. The highest BCUT2D eigenvalue weighted by atomic mass is 16.6. The first-order valence-corrected chi connectivity index (χ1v) is 20.6. The van der Waals surface area contributed by atoms with Gasteiger partial charge in [-0.2, -0.15) is 0 Å². The molecule has 0 saturated heterocycles. The summed E-state index contributed by atoms with van der Waals surface area (Å²) in [6.45, 7) is 10.4. The maximum Gasteiger partial charge on any atom is 0.161 e. The van der Waals surface area contributed by atoms with E-state index in [1.165, 1.54) is 0 Å². The molecule has 12 heteroatoms. The molecule has 0 aliphatic rings. The van der Waals surface area contributed by atoms with Crippen LogP contribution in [0.5, 0.6) is 11.5 Å². The minimum absolute atomic E-state index is 0.0306. The third-order valence-electron chi connectivity index (χ3n) is 9.72. The lowest BCUT2D eigenvalue weighted by molar-refractivity contribution is 0.0223. The number of fused-ring (bicyclic) bond motifs is 3. The zero-order valence-electron chi connectivity index (χ0n) is 35.6. The summed E-state index contributed by atoms with van der Waals surface area (Å²) in [6.07, 6.45) is 0. The summed E-state index contributed by atoms with van der Waals surface area (Å²) in [5.41, 5.74) is 8.41. The molecule has 0 bridgehead atoms. The van der Waals surface area contributed by atoms with Gasteiger partial charge in [0.15, 0.2) is 11.5 Å². The van der Waals surface area contributed by atoms with Crippen LogP contribution in [-0.4, -0.2) is 130 Å². The van der Waals surface area contributed by atoms with Crippen molar-refractivity contribution in [2.75, 3.05) is 120 Å². The highest BCUT2D eigenvalue weighted by Crippen LogP contribution is 2.47. The number of hydrogen-bond acceptors (Lipinski definition) is 12. The number of ether oxygens (including phenoxy) is 10. The molecule has 5 aromatic rings. The second kappa shape index (κ2) is 26.2. The first-order chi connectivity index (χ1) is 29.5. The molecule has 5 rings (SSSR count). The summed E-state index contributed by atoms with van der Waals surface area (Å²) >= 11 is 0. The van der Waals surface area contributed by atoms with Crippen molar-refractivity contribution >= 4 is 21.5 Å². The number of aryl methyl sites for hydroxylation is 2. The van der Waals surface area contributed by atoms with Crippen LogP contribution in [0.25, 0.3) is 43.8 Å². The van der Waals surface area contributed by atoms with E-state index in [0.717, 1.165) is 66.1 Å². The predicted molar refractivity (Wildman–Crippen MR) is 233 cm³/mol. The predicted octanol–water partition coefficient (Wildman–Crippen LogP) is 7.08. The first-order valence-electron chi connectivity index (χ1n) is 20.6. The highest BCUT2D eigenvalue weighted by Gasteiger charge is 2.21. The molecule has 326 valence electrons. The fourth-order valence-electron chi connectivity index (χ4n) is 6.86. The minimum Gasteiger partial charge on any atom is -0.487 e. The molecule has 0 saturated carbocycles. The molecular formula is C48H62O12. The van der Waals surface area contributed by atoms with E-state index in [4.69, 9.17) is 57.6 Å². The van der Waals surface area contributed by atoms with Gasteiger partial charge < -0.3 is 57.6 Å². The topological polar surface area (TPSA) is 133 Å². The molecule has 0 fully saturated rings. The Morgan fingerprint density at radius 2 is 0.833 bits per heavy atom. The van der Waals surface area contributed by atoms with Crippen molar-refractivity contribution in [3.8, 4) is 33.8 Å². The molecular weight excluding hydrogens is 769 g/mol. The van der Waals surface area contributed by atoms with E-state index in [9.17, 15) is 0 Å². The molecule has 0 spiro atoms. The van der Waals surface area contributed by atoms with Crippen LogP contribution >= 0.6 is 0 Å². The zero-order valence-corrected chi connectivity index (χ0v) is 35.6. The Morgan fingerprint density at radius 1 is 0.383 bits per heavy atom. The average molecular weight is 831 g/mol. The number of hydrogen-bond donors (Lipinski definition) is 2. The van der Waals surface area contributed by atoms with Crippen LogP contribution in [0.15, 0.2) is 72.8 Å². The standard InChI is InChI=1S/C48H62O12/c1-35-5-10-41-42-11-6-36(2)30-44(42)48(38-9-12-45(59-27-25-55-19-17-51-3)46(32-38)60-28-26-56-20-18-52-4)47(43(41)29-35)37-7-8-39(33-57-23-21-53-15-13-49)40(31-37)34-58-24-22-54-16-14-50/h5-12,29-32,49-50H,13-28,33-34H2,1-4H3. The molecule has 0 heterocycles. The quantitative estimate of drug-likeness (QED) is 0.0362. The zero-order chi connectivity index (χ0) is 42.4. The van der Waals surface area contributed by atoms with Crippen molar-refractivity contribution in [2.45, 2.75) is 27.1 Å². The largest absolute Gasteiger partial charge is 0.487 e. The molecule has 0 radical (unpaired) electrons. The van der Waals surface area contributed by atoms with Crippen molar-refractivity contribution in [2.24, 2.45) is 0 Å². The van der Waals surface area contributed by atoms with E-state index in [1.54, 1.807) is 14.2 Å². The van der Waals surface area contributed by atoms with Gasteiger partial charge in [-0.15, -0.1) is 0 Å². The van der Waals surface area contributed by atoms with Crippen LogP contribution in [-0.2, 0) is 51.1 Å². The third kappa shape index (κ3) is 13.9. The molecule has 0 aromatic heterocycles. The maximum absolute atomic E-state index is 9.14. The Balaban J connectivity index is 1.62. The summed E-state index contributed by atoms with van der Waals surface area (Å²) < 4.78 is 57.4. The lowest BCUT2D eigenvalue weighted by atomic mass is 9.83. The molecule has 0 aliphatic carbocycles. The Kier molecular flexibility index (Phi) is 20.5. The molecule has 0 amide bonds. The summed E-state index contributed by atoms with van der Waals surface area (Å²) in [6, 6.07) is 25.9. The van der Waals surface area contributed by atoms with Crippen LogP contribution in [0, 0.1) is 13.8 Å². The van der Waals surface area contributed by atoms with Gasteiger partial charge in [-0.05, 0) is 87.0 Å². The third-order valence-corrected chi connectivity index (χ3v) is 9.72. The van der Waals surface area contributed by atoms with Gasteiger partial charge in [-0.1, -0.05) is 65.7 Å². The second-order valence-corrected chi connectivity index (χ2v) is 14.2. The van der Waals surface area contributed by atoms with E-state index in [-0.39, 0.29) is 26.4 Å². The van der Waals surface area contributed by atoms with Crippen LogP contribution in [0.3, 0.4) is 0 Å². The lowest BCUT2D eigenvalue weighted by Gasteiger charge is -2.22. The van der Waals surface area contributed by atoms with E-state index >= 15 is 0 Å². The molecule has 0 atom stereocenters. The van der Waals surface area contributed by atoms with Crippen LogP contribution in [0.2, 0.25) is 0 Å². The average Bonchev–Trinajstić information content (AvgIpc) is 3.25. The van der Waals surface area contributed by atoms with Gasteiger partial charge in [-0.25, -0.2) is 0 Å². The van der Waals surface area contributed by atoms with Crippen molar-refractivity contribution in [1.29, 1.82) is 0 Å². The number of rotatable bonds is 30. The van der Waals surface area contributed by atoms with Crippen LogP contribution in [0.1, 0.15) is 22.3 Å². The van der Waals surface area contributed by atoms with Gasteiger partial charge in [0.25, 0.3) is 0 Å². The summed E-state index contributed by atoms with van der Waals surface area (Å²) in [7, 11) is 3.30. The first kappa shape index (κ1) is 46.9. The molecule has 0 unspecified atom stereocenters. The normalized spacial score (nSPS) is 11.6. The van der Waals surface area contributed by atoms with Crippen molar-refractivity contribution in [3.63, 3.8) is 0 Å². The fraction of sp³-hybridized carbons (Fsp3) is 0.458. The van der Waals surface area contributed by atoms with Gasteiger partial charge in [0, 0.05) is 14.2 Å². The van der Waals surface area contributed by atoms with Gasteiger partial charge in [0.05, 0.1) is 106 Å². The smallest absolute Gasteiger partial charge is 0.161 e. The Bertz CT molecular complexity index is 1890. The molecule has 60 heavy (non-hydrogen) atoms. The van der Waals surface area contributed by atoms with Crippen LogP contribution in [0.4, 0.5) is 0 Å². The number of aliphatic hydroxyl groups excluding tert-OH is 2. The Morgan fingerprint density at radius 3 is 1.38 bits per heavy atom. The van der Waals surface area contributed by atoms with Crippen molar-refractivity contribution < 1.29 is 57.6 Å². The van der Waals surface area contributed by atoms with Crippen LogP contribution < -0.4 is 9.47 Å². The van der Waals surface area contributed by atoms with Crippen molar-refractivity contribution in [3.05, 3.63) is 95.1 Å². The maximum atomic E-state index is 9.14. The van der Waals surface area contributed by atoms with E-state index < -0.39 is 0 Å². The van der Waals surface area contributed by atoms with E-state index in [2.05, 4.69) is 80.6 Å². The Hall–Kier alpha value is -4.18. The lowest BCUT2D eigenvalue weighted by Crippen LogP contribution is -2.12. The molecule has 5 aromatic carbocycles. The van der Waals surface area contributed by atoms with Gasteiger partial charge in [-0.3, -0.25) is 0 Å². The summed E-state index contributed by atoms with van der Waals surface area (Å²) in [5.74, 6) is 1.21. The summed E-state index contributed by atoms with van der Waals surface area (Å²) in [5, 5.41) is 22.8. The fourth-order valence-corrected chi connectivity index (χ4v) is 6.86. The minimum atomic E-state index is -0.0382. The van der Waals surface area contributed by atoms with E-state index in [1.807, 2.05) is 6.07 Å². The van der Waals surface area contributed by atoms with Gasteiger partial charge >= 0.3 is 0 Å². The molecule has 12 nitrogen and oxygen atoms in total. The number of aliphatic hydroxyl groups is 2. The molecule has 0 aliphatic heterocycles. The SMILES string of the molecule is COCCOCCOc1ccc(-c2c(-c3ccc(COCCOCCO)c(COCCOCCO)c3)c3cc(C)ccc3c3ccc(C)cc23)cc1OCCOCCOC. The Labute approximate surface area is 354 Å². The van der Waals surface area contributed by atoms with E-state index in [0.29, 0.717) is 104 Å². The molecule has 2 N–H and O–H groups in total. The van der Waals surface area contributed by atoms with Crippen molar-refractivity contribution in [1.82, 2.24) is 0 Å². The van der Waals surface area contributed by atoms with Gasteiger partial charge in [0.1, 0.15) is 13.2 Å². The van der Waals surface area contributed by atoms with Gasteiger partial charge in [0.2, 0.25) is 0 Å². The second-order valence-electron chi connectivity index (χ2n) is 14.2.